The number of anilines is 1. The van der Waals surface area contributed by atoms with Gasteiger partial charge in [0.1, 0.15) is 6.29 Å². The molecule has 5 heteroatoms. The number of nitrogens with one attached hydrogen (secondary N) is 1. The number of aliphatic imine (C=N–C) groups is 1. The third-order valence-corrected chi connectivity index (χ3v) is 6.11. The number of aldehydes is 1. The number of carbonyl (C=O) groups is 1. The highest BCUT2D eigenvalue weighted by atomic mass is 16.1. The van der Waals surface area contributed by atoms with Gasteiger partial charge in [0.25, 0.3) is 0 Å². The van der Waals surface area contributed by atoms with Crippen molar-refractivity contribution in [3.05, 3.63) is 71.3 Å². The first-order chi connectivity index (χ1) is 13.7. The largest absolute Gasteiger partial charge is 0.314 e. The smallest absolute Gasteiger partial charge is 0.217 e. The zero-order chi connectivity index (χ0) is 19.6. The van der Waals surface area contributed by atoms with Crippen molar-refractivity contribution in [2.45, 2.75) is 32.1 Å². The molecular weight excluding hydrogens is 348 g/mol. The number of guanidine groups is 1. The summed E-state index contributed by atoms with van der Waals surface area (Å²) in [6.45, 7) is 0. The highest BCUT2D eigenvalue weighted by Gasteiger charge is 2.43. The zero-order valence-electron chi connectivity index (χ0n) is 16.2. The van der Waals surface area contributed by atoms with E-state index in [0.717, 1.165) is 60.9 Å². The first-order valence-corrected chi connectivity index (χ1v) is 9.81. The van der Waals surface area contributed by atoms with Crippen LogP contribution in [0.1, 0.15) is 36.8 Å². The second-order valence-corrected chi connectivity index (χ2v) is 7.68. The molecule has 2 aromatic carbocycles. The number of hydrogen-bond donors (Lipinski definition) is 2. The van der Waals surface area contributed by atoms with Crippen molar-refractivity contribution < 1.29 is 4.79 Å². The Kier molecular flexibility index (Phi) is 5.01. The van der Waals surface area contributed by atoms with Crippen molar-refractivity contribution in [3.63, 3.8) is 0 Å². The van der Waals surface area contributed by atoms with Crippen LogP contribution in [0.25, 0.3) is 5.70 Å². The number of benzene rings is 2. The summed E-state index contributed by atoms with van der Waals surface area (Å²) >= 11 is 0. The maximum atomic E-state index is 12.3. The van der Waals surface area contributed by atoms with Crippen LogP contribution in [0.4, 0.5) is 5.69 Å². The van der Waals surface area contributed by atoms with Gasteiger partial charge in [0.15, 0.2) is 0 Å². The van der Waals surface area contributed by atoms with Gasteiger partial charge in [-0.2, -0.15) is 0 Å². The minimum Gasteiger partial charge on any atom is -0.314 e. The van der Waals surface area contributed by atoms with Crippen molar-refractivity contribution in [1.82, 2.24) is 5.43 Å². The zero-order valence-corrected chi connectivity index (χ0v) is 16.2. The average Bonchev–Trinajstić information content (AvgIpc) is 3.20. The fourth-order valence-corrected chi connectivity index (χ4v) is 4.64. The van der Waals surface area contributed by atoms with Gasteiger partial charge in [0.05, 0.1) is 5.70 Å². The number of allylic oxidation sites excluding steroid dienone is 1. The molecule has 0 aliphatic heterocycles. The molecule has 2 aliphatic rings. The van der Waals surface area contributed by atoms with E-state index in [-0.39, 0.29) is 5.41 Å². The van der Waals surface area contributed by atoms with E-state index in [1.54, 1.807) is 0 Å². The van der Waals surface area contributed by atoms with Crippen molar-refractivity contribution in [3.8, 4) is 0 Å². The fraction of sp³-hybridized carbons (Fsp3) is 0.304. The van der Waals surface area contributed by atoms with Crippen molar-refractivity contribution in [2.24, 2.45) is 16.3 Å². The van der Waals surface area contributed by atoms with E-state index in [0.29, 0.717) is 5.96 Å². The fourth-order valence-electron chi connectivity index (χ4n) is 4.64. The normalized spacial score (nSPS) is 18.1. The summed E-state index contributed by atoms with van der Waals surface area (Å²) in [6.07, 6.45) is 6.32. The van der Waals surface area contributed by atoms with Crippen LogP contribution < -0.4 is 16.2 Å². The quantitative estimate of drug-likeness (QED) is 0.283. The SMILES string of the molecule is CN(C(=NC1=C(C=O)C2(CCCC2)Cc2ccccc21)NN)c1ccccc1. The summed E-state index contributed by atoms with van der Waals surface area (Å²) in [5, 5.41) is 0. The van der Waals surface area contributed by atoms with Gasteiger partial charge in [0, 0.05) is 29.3 Å². The van der Waals surface area contributed by atoms with Gasteiger partial charge in [-0.25, -0.2) is 10.8 Å². The topological polar surface area (TPSA) is 70.7 Å². The number of nitrogens with two attached hydrogens (primary N) is 1. The lowest BCUT2D eigenvalue weighted by molar-refractivity contribution is -0.105. The van der Waals surface area contributed by atoms with Gasteiger partial charge in [-0.1, -0.05) is 55.3 Å². The number of carbonyl (C=O) groups excluding carboxylic acids is 1. The summed E-state index contributed by atoms with van der Waals surface area (Å²) in [5.41, 5.74) is 7.44. The highest BCUT2D eigenvalue weighted by Crippen LogP contribution is 2.52. The van der Waals surface area contributed by atoms with Crippen LogP contribution in [0.3, 0.4) is 0 Å². The maximum absolute atomic E-state index is 12.3. The Morgan fingerprint density at radius 3 is 2.46 bits per heavy atom. The van der Waals surface area contributed by atoms with E-state index in [9.17, 15) is 4.79 Å². The van der Waals surface area contributed by atoms with Gasteiger partial charge < -0.3 is 4.90 Å². The number of rotatable bonds is 3. The Bertz CT molecular complexity index is 927. The number of para-hydroxylation sites is 1. The molecule has 4 rings (SSSR count). The molecule has 5 nitrogen and oxygen atoms in total. The molecule has 0 amide bonds. The van der Waals surface area contributed by atoms with E-state index in [1.165, 1.54) is 5.56 Å². The van der Waals surface area contributed by atoms with Gasteiger partial charge in [0.2, 0.25) is 5.96 Å². The molecule has 0 aromatic heterocycles. The second-order valence-electron chi connectivity index (χ2n) is 7.68. The number of hydrogen-bond acceptors (Lipinski definition) is 3. The first-order valence-electron chi connectivity index (χ1n) is 9.81. The molecule has 1 fully saturated rings. The lowest BCUT2D eigenvalue weighted by Gasteiger charge is -2.36. The minimum absolute atomic E-state index is 0.0973. The summed E-state index contributed by atoms with van der Waals surface area (Å²) in [5.74, 6) is 6.35. The second kappa shape index (κ2) is 7.60. The van der Waals surface area contributed by atoms with Crippen LogP contribution >= 0.6 is 0 Å². The van der Waals surface area contributed by atoms with Gasteiger partial charge >= 0.3 is 0 Å². The molecule has 0 unspecified atom stereocenters. The molecule has 28 heavy (non-hydrogen) atoms. The molecular formula is C23H26N4O. The molecule has 0 heterocycles. The summed E-state index contributed by atoms with van der Waals surface area (Å²) in [4.78, 5) is 19.1. The first kappa shape index (κ1) is 18.4. The molecule has 0 saturated heterocycles. The lowest BCUT2D eigenvalue weighted by Crippen LogP contribution is -2.43. The van der Waals surface area contributed by atoms with Crippen molar-refractivity contribution in [1.29, 1.82) is 0 Å². The van der Waals surface area contributed by atoms with Crippen LogP contribution in [0.5, 0.6) is 0 Å². The van der Waals surface area contributed by atoms with Gasteiger partial charge in [-0.3, -0.25) is 10.2 Å². The lowest BCUT2D eigenvalue weighted by atomic mass is 9.68. The van der Waals surface area contributed by atoms with Crippen LogP contribution in [0, 0.1) is 5.41 Å². The Hall–Kier alpha value is -2.92. The predicted molar refractivity (Wildman–Crippen MR) is 114 cm³/mol. The third kappa shape index (κ3) is 3.12. The van der Waals surface area contributed by atoms with E-state index < -0.39 is 0 Å². The standard InChI is InChI=1S/C23H26N4O/c1-27(18-10-3-2-4-11-18)22(26-24)25-21-19-12-6-5-9-17(19)15-23(20(21)16-28)13-7-8-14-23/h2-6,9-12,16H,7-8,13-15,24H2,1H3,(H,25,26). The molecule has 0 atom stereocenters. The molecule has 0 radical (unpaired) electrons. The Labute approximate surface area is 165 Å². The summed E-state index contributed by atoms with van der Waals surface area (Å²) < 4.78 is 0. The molecule has 2 aliphatic carbocycles. The third-order valence-electron chi connectivity index (χ3n) is 6.11. The number of hydrazine groups is 1. The van der Waals surface area contributed by atoms with Crippen LogP contribution in [0.15, 0.2) is 65.2 Å². The average molecular weight is 374 g/mol. The van der Waals surface area contributed by atoms with E-state index in [2.05, 4.69) is 23.6 Å². The van der Waals surface area contributed by atoms with E-state index in [1.807, 2.05) is 48.3 Å². The predicted octanol–water partition coefficient (Wildman–Crippen LogP) is 3.67. The van der Waals surface area contributed by atoms with Crippen LogP contribution in [-0.4, -0.2) is 19.3 Å². The Morgan fingerprint density at radius 1 is 1.11 bits per heavy atom. The monoisotopic (exact) mass is 374 g/mol. The summed E-state index contributed by atoms with van der Waals surface area (Å²) in [7, 11) is 1.91. The number of nitrogens with zero attached hydrogens (tertiary/aromatic N) is 2. The molecule has 3 N–H and O–H groups in total. The van der Waals surface area contributed by atoms with E-state index >= 15 is 0 Å². The summed E-state index contributed by atoms with van der Waals surface area (Å²) in [6, 6.07) is 18.2. The maximum Gasteiger partial charge on any atom is 0.217 e. The molecule has 1 spiro atoms. The van der Waals surface area contributed by atoms with Crippen molar-refractivity contribution >= 4 is 23.6 Å². The van der Waals surface area contributed by atoms with Crippen LogP contribution in [-0.2, 0) is 11.2 Å². The molecule has 0 bridgehead atoms. The highest BCUT2D eigenvalue weighted by molar-refractivity contribution is 6.01. The van der Waals surface area contributed by atoms with Crippen LogP contribution in [0.2, 0.25) is 0 Å². The molecule has 1 saturated carbocycles. The minimum atomic E-state index is -0.0973. The Morgan fingerprint density at radius 2 is 1.79 bits per heavy atom. The Balaban J connectivity index is 1.87. The van der Waals surface area contributed by atoms with E-state index in [4.69, 9.17) is 10.8 Å². The number of fused-ring (bicyclic) bond motifs is 1. The van der Waals surface area contributed by atoms with Gasteiger partial charge in [-0.05, 0) is 37.0 Å². The molecule has 2 aromatic rings. The van der Waals surface area contributed by atoms with Crippen molar-refractivity contribution in [2.75, 3.05) is 11.9 Å². The van der Waals surface area contributed by atoms with Gasteiger partial charge in [-0.15, -0.1) is 0 Å². The molecule has 144 valence electrons.